The van der Waals surface area contributed by atoms with Gasteiger partial charge < -0.3 is 20.8 Å². The molecule has 3 rings (SSSR count). The number of nitrogens with two attached hydrogens (primary N) is 1. The fourth-order valence-corrected chi connectivity index (χ4v) is 2.47. The molecule has 0 unspecified atom stereocenters. The lowest BCUT2D eigenvalue weighted by Gasteiger charge is -2.11. The maximum absolute atomic E-state index is 11.0. The lowest BCUT2D eigenvalue weighted by Crippen LogP contribution is -2.38. The van der Waals surface area contributed by atoms with E-state index in [4.69, 9.17) is 10.5 Å². The van der Waals surface area contributed by atoms with Gasteiger partial charge in [-0.05, 0) is 36.2 Å². The largest absolute Gasteiger partial charge is 0.488 e. The molecule has 1 atom stereocenters. The van der Waals surface area contributed by atoms with Gasteiger partial charge in [0.1, 0.15) is 12.4 Å². The van der Waals surface area contributed by atoms with E-state index in [1.165, 1.54) is 0 Å². The summed E-state index contributed by atoms with van der Waals surface area (Å²) in [5.41, 5.74) is 8.49. The van der Waals surface area contributed by atoms with Crippen LogP contribution in [0.4, 0.5) is 0 Å². The third kappa shape index (κ3) is 3.75. The topological polar surface area (TPSA) is 80.1 Å². The molecular weight excluding hydrogens is 302 g/mol. The highest BCUT2D eigenvalue weighted by Gasteiger charge is 2.07. The Morgan fingerprint density at radius 3 is 2.67 bits per heavy atom. The van der Waals surface area contributed by atoms with Gasteiger partial charge in [-0.25, -0.2) is 0 Å². The molecule has 0 bridgehead atoms. The van der Waals surface area contributed by atoms with Gasteiger partial charge in [0.2, 0.25) is 5.91 Å². The lowest BCUT2D eigenvalue weighted by atomic mass is 10.1. The van der Waals surface area contributed by atoms with Gasteiger partial charge in [0.05, 0.1) is 6.04 Å². The van der Waals surface area contributed by atoms with Gasteiger partial charge in [0, 0.05) is 23.6 Å². The van der Waals surface area contributed by atoms with Gasteiger partial charge in [0.25, 0.3) is 0 Å². The van der Waals surface area contributed by atoms with Crippen LogP contribution in [0.15, 0.2) is 54.7 Å². The number of hydrogen-bond donors (Lipinski definition) is 3. The highest BCUT2D eigenvalue weighted by Crippen LogP contribution is 2.25. The summed E-state index contributed by atoms with van der Waals surface area (Å²) >= 11 is 0. The Balaban J connectivity index is 1.58. The highest BCUT2D eigenvalue weighted by molar-refractivity contribution is 5.85. The Kier molecular flexibility index (Phi) is 4.82. The number of carbonyl (C=O) groups is 1. The standard InChI is InChI=1S/C19H21N3O2/c1-13(19(20)23)22-11-14-5-7-15(8-6-14)12-24-18-4-2-3-17-16(18)9-10-21-17/h2-10,13,21-22H,11-12H2,1H3,(H2,20,23)/t13-/m0/s1. The Hall–Kier alpha value is -2.79. The SMILES string of the molecule is C[C@H](NCc1ccc(COc2cccc3[nH]ccc23)cc1)C(N)=O. The van der Waals surface area contributed by atoms with Crippen molar-refractivity contribution in [3.8, 4) is 5.75 Å². The van der Waals surface area contributed by atoms with Crippen LogP contribution in [0, 0.1) is 0 Å². The molecule has 0 aliphatic heterocycles. The number of benzene rings is 2. The summed E-state index contributed by atoms with van der Waals surface area (Å²) in [6, 6.07) is 15.8. The number of rotatable bonds is 7. The van der Waals surface area contributed by atoms with Crippen LogP contribution in [-0.2, 0) is 17.9 Å². The van der Waals surface area contributed by atoms with E-state index < -0.39 is 0 Å². The monoisotopic (exact) mass is 323 g/mol. The molecule has 0 radical (unpaired) electrons. The van der Waals surface area contributed by atoms with E-state index in [9.17, 15) is 4.79 Å². The maximum Gasteiger partial charge on any atom is 0.234 e. The molecular formula is C19H21N3O2. The predicted octanol–water partition coefficient (Wildman–Crippen LogP) is 2.71. The first-order valence-corrected chi connectivity index (χ1v) is 7.93. The molecule has 1 aromatic heterocycles. The van der Waals surface area contributed by atoms with Gasteiger partial charge >= 0.3 is 0 Å². The fourth-order valence-electron chi connectivity index (χ4n) is 2.47. The second-order valence-corrected chi connectivity index (χ2v) is 5.81. The summed E-state index contributed by atoms with van der Waals surface area (Å²) < 4.78 is 5.94. The molecule has 5 heteroatoms. The number of fused-ring (bicyclic) bond motifs is 1. The first-order chi connectivity index (χ1) is 11.6. The van der Waals surface area contributed by atoms with Gasteiger partial charge in [-0.15, -0.1) is 0 Å². The van der Waals surface area contributed by atoms with E-state index in [2.05, 4.69) is 10.3 Å². The van der Waals surface area contributed by atoms with Crippen molar-refractivity contribution in [2.24, 2.45) is 5.73 Å². The Morgan fingerprint density at radius 1 is 1.17 bits per heavy atom. The molecule has 0 aliphatic rings. The van der Waals surface area contributed by atoms with Crippen molar-refractivity contribution in [2.45, 2.75) is 26.1 Å². The summed E-state index contributed by atoms with van der Waals surface area (Å²) in [6.45, 7) is 2.87. The van der Waals surface area contributed by atoms with Gasteiger partial charge in [-0.3, -0.25) is 4.79 Å². The number of primary amides is 1. The third-order valence-corrected chi connectivity index (χ3v) is 4.01. The second kappa shape index (κ2) is 7.19. The zero-order valence-electron chi connectivity index (χ0n) is 13.6. The Labute approximate surface area is 140 Å². The van der Waals surface area contributed by atoms with E-state index >= 15 is 0 Å². The summed E-state index contributed by atoms with van der Waals surface area (Å²) in [7, 11) is 0. The summed E-state index contributed by atoms with van der Waals surface area (Å²) in [5, 5.41) is 4.17. The van der Waals surface area contributed by atoms with Crippen LogP contribution in [-0.4, -0.2) is 16.9 Å². The molecule has 0 saturated heterocycles. The minimum Gasteiger partial charge on any atom is -0.488 e. The van der Waals surface area contributed by atoms with Crippen molar-refractivity contribution < 1.29 is 9.53 Å². The highest BCUT2D eigenvalue weighted by atomic mass is 16.5. The number of H-pyrrole nitrogens is 1. The van der Waals surface area contributed by atoms with Crippen molar-refractivity contribution >= 4 is 16.8 Å². The first kappa shape index (κ1) is 16.1. The van der Waals surface area contributed by atoms with Crippen molar-refractivity contribution in [3.63, 3.8) is 0 Å². The summed E-state index contributed by atoms with van der Waals surface area (Å²) in [4.78, 5) is 14.2. The average molecular weight is 323 g/mol. The van der Waals surface area contributed by atoms with Crippen molar-refractivity contribution in [1.82, 2.24) is 10.3 Å². The van der Waals surface area contributed by atoms with Crippen LogP contribution in [0.5, 0.6) is 5.75 Å². The van der Waals surface area contributed by atoms with Crippen molar-refractivity contribution in [1.29, 1.82) is 0 Å². The minimum absolute atomic E-state index is 0.338. The molecule has 24 heavy (non-hydrogen) atoms. The van der Waals surface area contributed by atoms with Crippen LogP contribution < -0.4 is 15.8 Å². The molecule has 1 amide bonds. The van der Waals surface area contributed by atoms with Crippen LogP contribution in [0.25, 0.3) is 10.9 Å². The summed E-state index contributed by atoms with van der Waals surface area (Å²) in [6.07, 6.45) is 1.91. The smallest absolute Gasteiger partial charge is 0.234 e. The zero-order valence-corrected chi connectivity index (χ0v) is 13.6. The van der Waals surface area contributed by atoms with Gasteiger partial charge in [-0.2, -0.15) is 0 Å². The number of aromatic amines is 1. The molecule has 3 aromatic rings. The van der Waals surface area contributed by atoms with Crippen LogP contribution in [0.2, 0.25) is 0 Å². The third-order valence-electron chi connectivity index (χ3n) is 4.01. The molecule has 0 fully saturated rings. The molecule has 0 spiro atoms. The predicted molar refractivity (Wildman–Crippen MR) is 94.6 cm³/mol. The fraction of sp³-hybridized carbons (Fsp3) is 0.211. The van der Waals surface area contributed by atoms with E-state index in [0.717, 1.165) is 27.8 Å². The normalized spacial score (nSPS) is 12.2. The molecule has 124 valence electrons. The number of aromatic nitrogens is 1. The number of carbonyl (C=O) groups excluding carboxylic acids is 1. The van der Waals surface area contributed by atoms with Crippen LogP contribution in [0.1, 0.15) is 18.1 Å². The van der Waals surface area contributed by atoms with Gasteiger partial charge in [0.15, 0.2) is 0 Å². The Morgan fingerprint density at radius 2 is 1.92 bits per heavy atom. The molecule has 5 nitrogen and oxygen atoms in total. The van der Waals surface area contributed by atoms with E-state index in [1.807, 2.05) is 54.7 Å². The lowest BCUT2D eigenvalue weighted by molar-refractivity contribution is -0.119. The van der Waals surface area contributed by atoms with E-state index in [0.29, 0.717) is 13.2 Å². The zero-order chi connectivity index (χ0) is 16.9. The van der Waals surface area contributed by atoms with Gasteiger partial charge in [-0.1, -0.05) is 30.3 Å². The Bertz CT molecular complexity index is 824. The second-order valence-electron chi connectivity index (χ2n) is 5.81. The molecule has 1 heterocycles. The van der Waals surface area contributed by atoms with Crippen LogP contribution in [0.3, 0.4) is 0 Å². The van der Waals surface area contributed by atoms with E-state index in [1.54, 1.807) is 6.92 Å². The van der Waals surface area contributed by atoms with Crippen LogP contribution >= 0.6 is 0 Å². The van der Waals surface area contributed by atoms with Crippen molar-refractivity contribution in [2.75, 3.05) is 0 Å². The number of amides is 1. The minimum atomic E-state index is -0.348. The maximum atomic E-state index is 11.0. The quantitative estimate of drug-likeness (QED) is 0.625. The van der Waals surface area contributed by atoms with E-state index in [-0.39, 0.29) is 11.9 Å². The number of hydrogen-bond acceptors (Lipinski definition) is 3. The average Bonchev–Trinajstić information content (AvgIpc) is 3.08. The number of nitrogens with one attached hydrogen (secondary N) is 2. The molecule has 0 saturated carbocycles. The number of ether oxygens (including phenoxy) is 1. The molecule has 2 aromatic carbocycles. The van der Waals surface area contributed by atoms with Crippen molar-refractivity contribution in [3.05, 3.63) is 65.9 Å². The molecule has 0 aliphatic carbocycles. The summed E-state index contributed by atoms with van der Waals surface area (Å²) in [5.74, 6) is 0.522. The first-order valence-electron chi connectivity index (χ1n) is 7.93. The molecule has 4 N–H and O–H groups in total.